The second-order valence-electron chi connectivity index (χ2n) is 13.6. The number of ether oxygens (including phenoxy) is 1. The van der Waals surface area contributed by atoms with E-state index in [0.29, 0.717) is 43.7 Å². The lowest BCUT2D eigenvalue weighted by atomic mass is 9.79. The molecule has 51 heavy (non-hydrogen) atoms. The van der Waals surface area contributed by atoms with Crippen LogP contribution in [0.5, 0.6) is 0 Å². The van der Waals surface area contributed by atoms with Crippen LogP contribution in [0.15, 0.2) is 90.0 Å². The van der Waals surface area contributed by atoms with Crippen LogP contribution in [-0.4, -0.2) is 58.9 Å². The smallest absolute Gasteiger partial charge is 0.262 e. The SMILES string of the molecule is COC1(c2ccc(CNC[C@@H]3CCC(=O)N3)cc2)C=CC=C(c2cccc(-c3ccn4c(=O)c(CNC[C@H]5CCC(=O)N5)cnc4c3)c2C)C1Cl. The quantitative estimate of drug-likeness (QED) is 0.160. The molecule has 2 saturated heterocycles. The maximum Gasteiger partial charge on any atom is 0.262 e. The number of carbonyl (C=O) groups is 2. The molecule has 2 aliphatic heterocycles. The molecule has 2 fully saturated rings. The Labute approximate surface area is 302 Å². The summed E-state index contributed by atoms with van der Waals surface area (Å²) in [5, 5.41) is 12.2. The van der Waals surface area contributed by atoms with Crippen molar-refractivity contribution < 1.29 is 14.3 Å². The summed E-state index contributed by atoms with van der Waals surface area (Å²) in [7, 11) is 1.69. The molecule has 11 heteroatoms. The van der Waals surface area contributed by atoms with Crippen LogP contribution < -0.4 is 26.8 Å². The van der Waals surface area contributed by atoms with Crippen LogP contribution in [0.25, 0.3) is 22.3 Å². The maximum absolute atomic E-state index is 13.3. The Morgan fingerprint density at radius 1 is 0.941 bits per heavy atom. The molecule has 2 aromatic carbocycles. The first kappa shape index (κ1) is 34.8. The van der Waals surface area contributed by atoms with Gasteiger partial charge in [0.2, 0.25) is 11.8 Å². The molecule has 0 saturated carbocycles. The number of methoxy groups -OCH3 is 1. The van der Waals surface area contributed by atoms with E-state index in [1.807, 2.05) is 30.4 Å². The van der Waals surface area contributed by atoms with E-state index in [0.717, 1.165) is 58.3 Å². The van der Waals surface area contributed by atoms with Crippen LogP contribution in [0.3, 0.4) is 0 Å². The highest BCUT2D eigenvalue weighted by Gasteiger charge is 2.42. The first-order chi connectivity index (χ1) is 24.8. The second kappa shape index (κ2) is 14.9. The molecule has 0 bridgehead atoms. The topological polar surface area (TPSA) is 126 Å². The Balaban J connectivity index is 1.07. The van der Waals surface area contributed by atoms with Gasteiger partial charge in [-0.2, -0.15) is 0 Å². The third-order valence-corrected chi connectivity index (χ3v) is 10.9. The maximum atomic E-state index is 13.3. The summed E-state index contributed by atoms with van der Waals surface area (Å²) < 4.78 is 7.80. The first-order valence-electron chi connectivity index (χ1n) is 17.5. The lowest BCUT2D eigenvalue weighted by Crippen LogP contribution is -2.38. The van der Waals surface area contributed by atoms with Crippen LogP contribution in [0.1, 0.15) is 53.5 Å². The standard InChI is InChI=1S/C40H43ClN6O4/c1-25-32(27-16-18-47-35(19-27)44-22-28(39(47)50)21-43-24-31-13-15-37(49)46-31)5-3-6-33(25)34-7-4-17-40(51-2,38(34)41)29-10-8-26(9-11-29)20-42-23-30-12-14-36(48)45-30/h3-11,16-19,22,30-31,38,42-43H,12-15,20-21,23-24H2,1-2H3,(H,45,48)(H,46,49)/t30-,31+,38?,40?/m0/s1. The molecule has 7 rings (SSSR count). The number of aromatic nitrogens is 2. The Morgan fingerprint density at radius 3 is 2.29 bits per heavy atom. The van der Waals surface area contributed by atoms with E-state index in [2.05, 4.69) is 75.6 Å². The van der Waals surface area contributed by atoms with Gasteiger partial charge in [0.05, 0.1) is 5.38 Å². The zero-order valence-corrected chi connectivity index (χ0v) is 29.6. The molecule has 1 aliphatic carbocycles. The van der Waals surface area contributed by atoms with Crippen molar-refractivity contribution in [3.05, 3.63) is 123 Å². The molecule has 10 nitrogen and oxygen atoms in total. The number of nitrogens with zero attached hydrogens (tertiary/aromatic N) is 2. The first-order valence-corrected chi connectivity index (χ1v) is 18.0. The number of nitrogens with one attached hydrogen (secondary N) is 4. The molecular formula is C40H43ClN6O4. The van der Waals surface area contributed by atoms with Gasteiger partial charge in [0, 0.05) is 76.2 Å². The molecule has 0 radical (unpaired) electrons. The van der Waals surface area contributed by atoms with Gasteiger partial charge in [-0.15, -0.1) is 11.6 Å². The van der Waals surface area contributed by atoms with Gasteiger partial charge in [0.15, 0.2) is 0 Å². The van der Waals surface area contributed by atoms with Crippen LogP contribution in [0.2, 0.25) is 0 Å². The molecule has 2 amide bonds. The zero-order valence-electron chi connectivity index (χ0n) is 28.9. The summed E-state index contributed by atoms with van der Waals surface area (Å²) in [5.41, 5.74) is 7.21. The van der Waals surface area contributed by atoms with Gasteiger partial charge in [0.1, 0.15) is 11.2 Å². The highest BCUT2D eigenvalue weighted by Crippen LogP contribution is 2.45. The monoisotopic (exact) mass is 706 g/mol. The van der Waals surface area contributed by atoms with Crippen molar-refractivity contribution >= 4 is 34.6 Å². The summed E-state index contributed by atoms with van der Waals surface area (Å²) in [4.78, 5) is 40.9. The van der Waals surface area contributed by atoms with Gasteiger partial charge in [-0.25, -0.2) is 4.98 Å². The van der Waals surface area contributed by atoms with Crippen molar-refractivity contribution in [2.75, 3.05) is 20.2 Å². The number of halogens is 1. The molecule has 3 aliphatic rings. The van der Waals surface area contributed by atoms with Gasteiger partial charge >= 0.3 is 0 Å². The fraction of sp³-hybridized carbons (Fsp3) is 0.350. The van der Waals surface area contributed by atoms with Gasteiger partial charge in [0.25, 0.3) is 5.56 Å². The predicted octanol–water partition coefficient (Wildman–Crippen LogP) is 4.51. The lowest BCUT2D eigenvalue weighted by molar-refractivity contribution is -0.120. The Kier molecular flexibility index (Phi) is 10.2. The molecule has 4 atom stereocenters. The minimum atomic E-state index is -0.875. The van der Waals surface area contributed by atoms with Crippen molar-refractivity contribution in [1.82, 2.24) is 30.7 Å². The number of carbonyl (C=O) groups excluding carboxylic acids is 2. The summed E-state index contributed by atoms with van der Waals surface area (Å²) in [6, 6.07) is 18.7. The van der Waals surface area contributed by atoms with Gasteiger partial charge in [-0.3, -0.25) is 18.8 Å². The number of amides is 2. The minimum absolute atomic E-state index is 0.0728. The van der Waals surface area contributed by atoms with E-state index in [4.69, 9.17) is 16.3 Å². The molecular weight excluding hydrogens is 664 g/mol. The third-order valence-electron chi connectivity index (χ3n) is 10.3. The van der Waals surface area contributed by atoms with Gasteiger partial charge in [-0.1, -0.05) is 54.6 Å². The van der Waals surface area contributed by atoms with E-state index in [-0.39, 0.29) is 29.5 Å². The summed E-state index contributed by atoms with van der Waals surface area (Å²) in [6.07, 6.45) is 12.3. The Hall–Kier alpha value is -4.61. The molecule has 4 heterocycles. The number of pyridine rings is 1. The van der Waals surface area contributed by atoms with Crippen LogP contribution in [0, 0.1) is 6.92 Å². The second-order valence-corrected chi connectivity index (χ2v) is 14.1. The van der Waals surface area contributed by atoms with Gasteiger partial charge in [-0.05, 0) is 76.9 Å². The minimum Gasteiger partial charge on any atom is -0.367 e. The summed E-state index contributed by atoms with van der Waals surface area (Å²) in [6.45, 7) is 4.51. The number of rotatable bonds is 12. The largest absolute Gasteiger partial charge is 0.367 e. The van der Waals surface area contributed by atoms with E-state index in [1.54, 1.807) is 23.9 Å². The number of fused-ring (bicyclic) bond motifs is 1. The molecule has 0 spiro atoms. The molecule has 4 N–H and O–H groups in total. The number of benzene rings is 2. The number of hydrogen-bond acceptors (Lipinski definition) is 7. The molecule has 2 unspecified atom stereocenters. The van der Waals surface area contributed by atoms with E-state index in [1.165, 1.54) is 0 Å². The van der Waals surface area contributed by atoms with E-state index < -0.39 is 11.0 Å². The third kappa shape index (κ3) is 7.14. The van der Waals surface area contributed by atoms with Crippen molar-refractivity contribution in [1.29, 1.82) is 0 Å². The molecule has 4 aromatic rings. The average Bonchev–Trinajstić information content (AvgIpc) is 3.76. The number of alkyl halides is 1. The number of hydrogen-bond donors (Lipinski definition) is 4. The summed E-state index contributed by atoms with van der Waals surface area (Å²) >= 11 is 7.38. The molecule has 264 valence electrons. The lowest BCUT2D eigenvalue weighted by Gasteiger charge is -2.38. The van der Waals surface area contributed by atoms with Crippen molar-refractivity contribution in [3.63, 3.8) is 0 Å². The predicted molar refractivity (Wildman–Crippen MR) is 199 cm³/mol. The Bertz CT molecular complexity index is 2080. The fourth-order valence-electron chi connectivity index (χ4n) is 7.43. The zero-order chi connectivity index (χ0) is 35.5. The number of allylic oxidation sites excluding steroid dienone is 2. The van der Waals surface area contributed by atoms with Crippen LogP contribution >= 0.6 is 11.6 Å². The summed E-state index contributed by atoms with van der Waals surface area (Å²) in [5.74, 6) is 0.197. The highest BCUT2D eigenvalue weighted by molar-refractivity contribution is 6.28. The van der Waals surface area contributed by atoms with E-state index in [9.17, 15) is 14.4 Å². The van der Waals surface area contributed by atoms with Crippen LogP contribution in [-0.2, 0) is 33.0 Å². The normalized spacial score (nSPS) is 23.0. The molecule has 2 aromatic heterocycles. The van der Waals surface area contributed by atoms with Crippen molar-refractivity contribution in [2.24, 2.45) is 0 Å². The van der Waals surface area contributed by atoms with Crippen molar-refractivity contribution in [2.45, 2.75) is 68.8 Å². The average molecular weight is 707 g/mol. The van der Waals surface area contributed by atoms with Crippen LogP contribution in [0.4, 0.5) is 0 Å². The van der Waals surface area contributed by atoms with Crippen molar-refractivity contribution in [3.8, 4) is 11.1 Å². The fourth-order valence-corrected chi connectivity index (χ4v) is 7.91. The Morgan fingerprint density at radius 2 is 1.63 bits per heavy atom. The van der Waals surface area contributed by atoms with Gasteiger partial charge < -0.3 is 26.0 Å². The van der Waals surface area contributed by atoms with E-state index >= 15 is 0 Å². The highest BCUT2D eigenvalue weighted by atomic mass is 35.5.